The molecule has 0 aromatic carbocycles. The van der Waals surface area contributed by atoms with E-state index in [1.807, 2.05) is 0 Å². The Hall–Kier alpha value is -1.37. The molecule has 66 valence electrons. The molecule has 0 bridgehead atoms. The van der Waals surface area contributed by atoms with Gasteiger partial charge in [-0.2, -0.15) is 0 Å². The van der Waals surface area contributed by atoms with Crippen LogP contribution in [0.4, 0.5) is 4.79 Å². The Bertz CT molecular complexity index is 342. The third kappa shape index (κ3) is 1.62. The van der Waals surface area contributed by atoms with E-state index in [0.717, 1.165) is 0 Å². The molecule has 1 N–H and O–H groups in total. The Balaban J connectivity index is 2.83. The standard InChI is InChI=1S/C5H7N3O3S/c1-8-3(6-7-4(8)12)11-5(9)10-2/h1-2H3,(H,7,12). The summed E-state index contributed by atoms with van der Waals surface area (Å²) in [4.78, 5) is 10.6. The highest BCUT2D eigenvalue weighted by atomic mass is 32.1. The first-order valence-electron chi connectivity index (χ1n) is 3.02. The molecule has 0 aliphatic carbocycles. The maximum Gasteiger partial charge on any atom is 0.516 e. The van der Waals surface area contributed by atoms with Gasteiger partial charge in [0, 0.05) is 7.05 Å². The summed E-state index contributed by atoms with van der Waals surface area (Å²) in [6.45, 7) is 0. The summed E-state index contributed by atoms with van der Waals surface area (Å²) in [6, 6.07) is 0.0758. The number of aromatic nitrogens is 3. The van der Waals surface area contributed by atoms with E-state index in [1.54, 1.807) is 7.05 Å². The number of aromatic amines is 1. The molecule has 0 saturated heterocycles. The maximum absolute atomic E-state index is 10.6. The smallest absolute Gasteiger partial charge is 0.437 e. The second-order valence-corrected chi connectivity index (χ2v) is 2.31. The molecular formula is C5H7N3O3S. The molecule has 0 radical (unpaired) electrons. The van der Waals surface area contributed by atoms with E-state index in [9.17, 15) is 4.79 Å². The van der Waals surface area contributed by atoms with Gasteiger partial charge in [0.2, 0.25) is 0 Å². The fraction of sp³-hybridized carbons (Fsp3) is 0.400. The SMILES string of the molecule is COC(=O)Oc1n[nH]c(=S)n1C. The largest absolute Gasteiger partial charge is 0.516 e. The van der Waals surface area contributed by atoms with Gasteiger partial charge in [0.15, 0.2) is 4.77 Å². The van der Waals surface area contributed by atoms with Crippen LogP contribution in [0.25, 0.3) is 0 Å². The van der Waals surface area contributed by atoms with Crippen LogP contribution in [0.15, 0.2) is 0 Å². The zero-order valence-corrected chi connectivity index (χ0v) is 7.34. The second-order valence-electron chi connectivity index (χ2n) is 1.93. The lowest BCUT2D eigenvalue weighted by Crippen LogP contribution is -2.10. The van der Waals surface area contributed by atoms with Crippen molar-refractivity contribution < 1.29 is 14.3 Å². The van der Waals surface area contributed by atoms with Gasteiger partial charge in [-0.15, -0.1) is 5.10 Å². The normalized spacial score (nSPS) is 9.50. The first kappa shape index (κ1) is 8.72. The summed E-state index contributed by atoms with van der Waals surface area (Å²) in [6.07, 6.45) is -0.827. The molecule has 0 saturated carbocycles. The molecule has 12 heavy (non-hydrogen) atoms. The Kier molecular flexibility index (Phi) is 2.44. The van der Waals surface area contributed by atoms with Gasteiger partial charge < -0.3 is 9.47 Å². The van der Waals surface area contributed by atoms with Crippen molar-refractivity contribution in [1.82, 2.24) is 14.8 Å². The fourth-order valence-corrected chi connectivity index (χ4v) is 0.664. The van der Waals surface area contributed by atoms with Crippen LogP contribution in [0.5, 0.6) is 6.01 Å². The van der Waals surface area contributed by atoms with Crippen molar-refractivity contribution >= 4 is 18.4 Å². The molecule has 0 aliphatic rings. The quantitative estimate of drug-likeness (QED) is 0.518. The monoisotopic (exact) mass is 189 g/mol. The number of carbonyl (C=O) groups is 1. The number of ether oxygens (including phenoxy) is 2. The van der Waals surface area contributed by atoms with E-state index in [0.29, 0.717) is 4.77 Å². The highest BCUT2D eigenvalue weighted by Crippen LogP contribution is 2.04. The summed E-state index contributed by atoms with van der Waals surface area (Å²) in [5.74, 6) is 0. The van der Waals surface area contributed by atoms with Crippen molar-refractivity contribution in [3.8, 4) is 6.01 Å². The van der Waals surface area contributed by atoms with Crippen molar-refractivity contribution in [2.75, 3.05) is 7.11 Å². The highest BCUT2D eigenvalue weighted by molar-refractivity contribution is 7.71. The third-order valence-corrected chi connectivity index (χ3v) is 1.55. The summed E-state index contributed by atoms with van der Waals surface area (Å²) in [7, 11) is 2.83. The van der Waals surface area contributed by atoms with Crippen LogP contribution in [-0.4, -0.2) is 28.0 Å². The Labute approximate surface area is 73.1 Å². The average molecular weight is 189 g/mol. The number of methoxy groups -OCH3 is 1. The van der Waals surface area contributed by atoms with Gasteiger partial charge in [-0.1, -0.05) is 0 Å². The molecule has 7 heteroatoms. The molecule has 0 atom stereocenters. The first-order valence-corrected chi connectivity index (χ1v) is 3.43. The van der Waals surface area contributed by atoms with E-state index in [2.05, 4.69) is 19.7 Å². The number of rotatable bonds is 1. The number of nitrogens with one attached hydrogen (secondary N) is 1. The molecule has 1 aromatic rings. The summed E-state index contributed by atoms with van der Waals surface area (Å²) in [5, 5.41) is 6.08. The van der Waals surface area contributed by atoms with Crippen LogP contribution in [0, 0.1) is 4.77 Å². The van der Waals surface area contributed by atoms with Gasteiger partial charge >= 0.3 is 12.2 Å². The Morgan fingerprint density at radius 3 is 2.83 bits per heavy atom. The zero-order valence-electron chi connectivity index (χ0n) is 6.53. The van der Waals surface area contributed by atoms with Gasteiger partial charge in [-0.25, -0.2) is 9.89 Å². The van der Waals surface area contributed by atoms with Gasteiger partial charge in [0.1, 0.15) is 0 Å². The van der Waals surface area contributed by atoms with Crippen LogP contribution < -0.4 is 4.74 Å². The zero-order chi connectivity index (χ0) is 9.14. The molecule has 0 amide bonds. The third-order valence-electron chi connectivity index (χ3n) is 1.18. The lowest BCUT2D eigenvalue weighted by Gasteiger charge is -1.98. The summed E-state index contributed by atoms with van der Waals surface area (Å²) >= 11 is 4.78. The predicted molar refractivity (Wildman–Crippen MR) is 41.4 cm³/mol. The summed E-state index contributed by atoms with van der Waals surface area (Å²) < 4.78 is 10.6. The number of hydrogen-bond donors (Lipinski definition) is 1. The molecule has 0 spiro atoms. The predicted octanol–water partition coefficient (Wildman–Crippen LogP) is 0.623. The van der Waals surface area contributed by atoms with E-state index < -0.39 is 6.16 Å². The van der Waals surface area contributed by atoms with E-state index >= 15 is 0 Å². The highest BCUT2D eigenvalue weighted by Gasteiger charge is 2.08. The molecule has 1 aromatic heterocycles. The first-order chi connectivity index (χ1) is 5.65. The van der Waals surface area contributed by atoms with Gasteiger partial charge in [-0.05, 0) is 12.2 Å². The maximum atomic E-state index is 10.6. The molecule has 0 unspecified atom stereocenters. The lowest BCUT2D eigenvalue weighted by atomic mass is 11.0. The molecule has 0 fully saturated rings. The van der Waals surface area contributed by atoms with Crippen molar-refractivity contribution in [2.24, 2.45) is 7.05 Å². The minimum atomic E-state index is -0.827. The van der Waals surface area contributed by atoms with Gasteiger partial charge in [0.05, 0.1) is 7.11 Å². The van der Waals surface area contributed by atoms with Crippen molar-refractivity contribution in [3.05, 3.63) is 4.77 Å². The summed E-state index contributed by atoms with van der Waals surface area (Å²) in [5.41, 5.74) is 0. The van der Waals surface area contributed by atoms with Crippen LogP contribution in [0.1, 0.15) is 0 Å². The average Bonchev–Trinajstić information content (AvgIpc) is 2.36. The topological polar surface area (TPSA) is 69.1 Å². The Morgan fingerprint density at radius 2 is 2.42 bits per heavy atom. The minimum Gasteiger partial charge on any atom is -0.437 e. The molecule has 0 aliphatic heterocycles. The number of H-pyrrole nitrogens is 1. The lowest BCUT2D eigenvalue weighted by molar-refractivity contribution is 0.116. The molecular weight excluding hydrogens is 182 g/mol. The van der Waals surface area contributed by atoms with Gasteiger partial charge in [0.25, 0.3) is 0 Å². The van der Waals surface area contributed by atoms with Gasteiger partial charge in [-0.3, -0.25) is 4.57 Å². The number of nitrogens with zero attached hydrogens (tertiary/aromatic N) is 2. The fourth-order valence-electron chi connectivity index (χ4n) is 0.540. The number of hydrogen-bond acceptors (Lipinski definition) is 5. The Morgan fingerprint density at radius 1 is 1.75 bits per heavy atom. The van der Waals surface area contributed by atoms with Crippen molar-refractivity contribution in [3.63, 3.8) is 0 Å². The van der Waals surface area contributed by atoms with Crippen LogP contribution in [0.2, 0.25) is 0 Å². The molecule has 1 heterocycles. The second kappa shape index (κ2) is 3.35. The van der Waals surface area contributed by atoms with Crippen LogP contribution in [0.3, 0.4) is 0 Å². The van der Waals surface area contributed by atoms with E-state index in [-0.39, 0.29) is 6.01 Å². The molecule has 1 rings (SSSR count). The molecule has 6 nitrogen and oxygen atoms in total. The van der Waals surface area contributed by atoms with Crippen molar-refractivity contribution in [2.45, 2.75) is 0 Å². The van der Waals surface area contributed by atoms with Crippen LogP contribution >= 0.6 is 12.2 Å². The van der Waals surface area contributed by atoms with Crippen molar-refractivity contribution in [1.29, 1.82) is 0 Å². The minimum absolute atomic E-state index is 0.0758. The van der Waals surface area contributed by atoms with E-state index in [1.165, 1.54) is 11.7 Å². The van der Waals surface area contributed by atoms with E-state index in [4.69, 9.17) is 12.2 Å². The number of carbonyl (C=O) groups excluding carboxylic acids is 1. The van der Waals surface area contributed by atoms with Crippen LogP contribution in [-0.2, 0) is 11.8 Å².